The van der Waals surface area contributed by atoms with Crippen molar-refractivity contribution in [2.45, 2.75) is 45.9 Å². The predicted molar refractivity (Wildman–Crippen MR) is 44.6 cm³/mol. The van der Waals surface area contributed by atoms with Crippen molar-refractivity contribution in [2.24, 2.45) is 5.41 Å². The monoisotopic (exact) mass is 173 g/mol. The Morgan fingerprint density at radius 3 is 2.25 bits per heavy atom. The Kier molecular flexibility index (Phi) is 2.12. The fraction of sp³-hybridized carbons (Fsp3) is 1.00. The lowest BCUT2D eigenvalue weighted by Crippen LogP contribution is -2.27. The molecule has 4 heteroatoms. The zero-order valence-corrected chi connectivity index (χ0v) is 7.90. The second-order valence-corrected chi connectivity index (χ2v) is 4.41. The van der Waals surface area contributed by atoms with Crippen molar-refractivity contribution in [3.05, 3.63) is 10.1 Å². The zero-order chi connectivity index (χ0) is 9.52. The molecule has 0 aliphatic carbocycles. The molecule has 1 heterocycles. The highest BCUT2D eigenvalue weighted by Crippen LogP contribution is 2.40. The van der Waals surface area contributed by atoms with E-state index >= 15 is 0 Å². The SMILES string of the molecule is CC(C1OC1C(C)(C)C)[N+](=O)[O-]. The van der Waals surface area contributed by atoms with Crippen LogP contribution in [0.5, 0.6) is 0 Å². The maximum atomic E-state index is 10.4. The first kappa shape index (κ1) is 9.45. The summed E-state index contributed by atoms with van der Waals surface area (Å²) in [5.74, 6) is 0. The molecule has 0 aromatic carbocycles. The van der Waals surface area contributed by atoms with E-state index in [9.17, 15) is 10.1 Å². The Bertz CT molecular complexity index is 197. The molecule has 0 aromatic rings. The lowest BCUT2D eigenvalue weighted by Gasteiger charge is -2.14. The molecule has 1 rings (SSSR count). The topological polar surface area (TPSA) is 55.7 Å². The number of ether oxygens (including phenoxy) is 1. The summed E-state index contributed by atoms with van der Waals surface area (Å²) in [6, 6.07) is -0.575. The van der Waals surface area contributed by atoms with Crippen LogP contribution in [0.25, 0.3) is 0 Å². The van der Waals surface area contributed by atoms with Gasteiger partial charge < -0.3 is 4.74 Å². The minimum Gasteiger partial charge on any atom is -0.362 e. The van der Waals surface area contributed by atoms with Crippen LogP contribution in [0.15, 0.2) is 0 Å². The molecule has 1 aliphatic heterocycles. The Morgan fingerprint density at radius 1 is 1.50 bits per heavy atom. The molecule has 70 valence electrons. The largest absolute Gasteiger partial charge is 0.362 e. The van der Waals surface area contributed by atoms with E-state index in [-0.39, 0.29) is 22.5 Å². The van der Waals surface area contributed by atoms with Crippen molar-refractivity contribution in [3.63, 3.8) is 0 Å². The van der Waals surface area contributed by atoms with E-state index < -0.39 is 6.04 Å². The summed E-state index contributed by atoms with van der Waals surface area (Å²) in [7, 11) is 0. The first-order chi connectivity index (χ1) is 5.34. The van der Waals surface area contributed by atoms with Gasteiger partial charge in [-0.25, -0.2) is 0 Å². The first-order valence-electron chi connectivity index (χ1n) is 4.13. The zero-order valence-electron chi connectivity index (χ0n) is 7.90. The number of epoxide rings is 1. The molecule has 3 atom stereocenters. The molecule has 0 spiro atoms. The molecular formula is C8H15NO3. The summed E-state index contributed by atoms with van der Waals surface area (Å²) in [4.78, 5) is 10.1. The molecule has 0 amide bonds. The molecule has 1 saturated heterocycles. The van der Waals surface area contributed by atoms with Crippen molar-refractivity contribution < 1.29 is 9.66 Å². The smallest absolute Gasteiger partial charge is 0.238 e. The lowest BCUT2D eigenvalue weighted by molar-refractivity contribution is -0.520. The summed E-state index contributed by atoms with van der Waals surface area (Å²) in [6.45, 7) is 7.69. The van der Waals surface area contributed by atoms with E-state index in [1.54, 1.807) is 6.92 Å². The molecule has 1 aliphatic rings. The van der Waals surface area contributed by atoms with Gasteiger partial charge in [0.25, 0.3) is 0 Å². The second kappa shape index (κ2) is 2.69. The molecule has 0 saturated carbocycles. The Labute approximate surface area is 72.1 Å². The fourth-order valence-electron chi connectivity index (χ4n) is 1.31. The van der Waals surface area contributed by atoms with Crippen LogP contribution in [0.4, 0.5) is 0 Å². The maximum absolute atomic E-state index is 10.4. The standard InChI is InChI=1S/C8H15NO3/c1-5(9(10)11)6-7(12-6)8(2,3)4/h5-7H,1-4H3. The van der Waals surface area contributed by atoms with Crippen LogP contribution in [0.1, 0.15) is 27.7 Å². The van der Waals surface area contributed by atoms with Gasteiger partial charge in [-0.3, -0.25) is 10.1 Å². The maximum Gasteiger partial charge on any atom is 0.238 e. The highest BCUT2D eigenvalue weighted by Gasteiger charge is 2.54. The molecule has 12 heavy (non-hydrogen) atoms. The molecule has 3 unspecified atom stereocenters. The minimum atomic E-state index is -0.575. The van der Waals surface area contributed by atoms with E-state index in [0.29, 0.717) is 0 Å². The van der Waals surface area contributed by atoms with Gasteiger partial charge in [-0.05, 0) is 5.41 Å². The van der Waals surface area contributed by atoms with Gasteiger partial charge in [0.05, 0.1) is 6.10 Å². The van der Waals surface area contributed by atoms with Crippen LogP contribution in [0, 0.1) is 15.5 Å². The normalized spacial score (nSPS) is 31.3. The van der Waals surface area contributed by atoms with Crippen molar-refractivity contribution in [1.29, 1.82) is 0 Å². The van der Waals surface area contributed by atoms with Crippen LogP contribution in [-0.4, -0.2) is 23.2 Å². The van der Waals surface area contributed by atoms with Crippen molar-refractivity contribution in [1.82, 2.24) is 0 Å². The van der Waals surface area contributed by atoms with Crippen LogP contribution in [0.3, 0.4) is 0 Å². The van der Waals surface area contributed by atoms with Gasteiger partial charge in [0.1, 0.15) is 0 Å². The number of nitro groups is 1. The second-order valence-electron chi connectivity index (χ2n) is 4.41. The number of nitrogens with zero attached hydrogens (tertiary/aromatic N) is 1. The van der Waals surface area contributed by atoms with Crippen LogP contribution < -0.4 is 0 Å². The van der Waals surface area contributed by atoms with Gasteiger partial charge >= 0.3 is 0 Å². The lowest BCUT2D eigenvalue weighted by atomic mass is 9.89. The summed E-state index contributed by atoms with van der Waals surface area (Å²) < 4.78 is 5.26. The average molecular weight is 173 g/mol. The van der Waals surface area contributed by atoms with Crippen LogP contribution in [0.2, 0.25) is 0 Å². The van der Waals surface area contributed by atoms with Crippen molar-refractivity contribution >= 4 is 0 Å². The quantitative estimate of drug-likeness (QED) is 0.361. The molecule has 1 fully saturated rings. The highest BCUT2D eigenvalue weighted by atomic mass is 16.6. The van der Waals surface area contributed by atoms with Crippen LogP contribution in [-0.2, 0) is 4.74 Å². The van der Waals surface area contributed by atoms with Gasteiger partial charge in [-0.1, -0.05) is 20.8 Å². The molecular weight excluding hydrogens is 158 g/mol. The molecule has 4 nitrogen and oxygen atoms in total. The molecule has 0 bridgehead atoms. The first-order valence-corrected chi connectivity index (χ1v) is 4.13. The molecule has 0 N–H and O–H groups in total. The van der Waals surface area contributed by atoms with Crippen LogP contribution >= 0.6 is 0 Å². The van der Waals surface area contributed by atoms with E-state index in [1.807, 2.05) is 20.8 Å². The fourth-order valence-corrected chi connectivity index (χ4v) is 1.31. The highest BCUT2D eigenvalue weighted by molar-refractivity contribution is 4.96. The predicted octanol–water partition coefficient (Wildman–Crippen LogP) is 1.47. The van der Waals surface area contributed by atoms with Gasteiger partial charge in [0, 0.05) is 11.8 Å². The Balaban J connectivity index is 2.48. The van der Waals surface area contributed by atoms with E-state index in [4.69, 9.17) is 4.74 Å². The number of rotatable bonds is 2. The van der Waals surface area contributed by atoms with Crippen molar-refractivity contribution in [2.75, 3.05) is 0 Å². The summed E-state index contributed by atoms with van der Waals surface area (Å²) in [6.07, 6.45) is -0.127. The van der Waals surface area contributed by atoms with E-state index in [2.05, 4.69) is 0 Å². The van der Waals surface area contributed by atoms with Gasteiger partial charge in [-0.2, -0.15) is 0 Å². The summed E-state index contributed by atoms with van der Waals surface area (Å²) in [5.41, 5.74) is 0.0228. The van der Waals surface area contributed by atoms with Crippen molar-refractivity contribution in [3.8, 4) is 0 Å². The summed E-state index contributed by atoms with van der Waals surface area (Å²) >= 11 is 0. The Hall–Kier alpha value is -0.640. The Morgan fingerprint density at radius 2 is 2.00 bits per heavy atom. The van der Waals surface area contributed by atoms with Gasteiger partial charge in [-0.15, -0.1) is 0 Å². The van der Waals surface area contributed by atoms with Gasteiger partial charge in [0.2, 0.25) is 6.04 Å². The van der Waals surface area contributed by atoms with E-state index in [0.717, 1.165) is 0 Å². The third kappa shape index (κ3) is 1.75. The number of hydrogen-bond donors (Lipinski definition) is 0. The third-order valence-corrected chi connectivity index (χ3v) is 2.19. The van der Waals surface area contributed by atoms with E-state index in [1.165, 1.54) is 0 Å². The van der Waals surface area contributed by atoms with Gasteiger partial charge in [0.15, 0.2) is 6.10 Å². The number of hydrogen-bond acceptors (Lipinski definition) is 3. The summed E-state index contributed by atoms with van der Waals surface area (Å²) in [5, 5.41) is 10.4. The third-order valence-electron chi connectivity index (χ3n) is 2.19. The molecule has 0 radical (unpaired) electrons. The minimum absolute atomic E-state index is 0.0228. The molecule has 0 aromatic heterocycles. The average Bonchev–Trinajstić information content (AvgIpc) is 2.61.